The van der Waals surface area contributed by atoms with E-state index in [1.165, 1.54) is 0 Å². The van der Waals surface area contributed by atoms with Crippen LogP contribution in [0.4, 0.5) is 5.69 Å². The Morgan fingerprint density at radius 1 is 1.04 bits per heavy atom. The van der Waals surface area contributed by atoms with Crippen LogP contribution in [-0.2, 0) is 26.0 Å². The number of benzene rings is 1. The van der Waals surface area contributed by atoms with Crippen molar-refractivity contribution in [3.8, 4) is 0 Å². The molecule has 2 aromatic rings. The molecule has 1 aromatic carbocycles. The average molecular weight is 361 g/mol. The summed E-state index contributed by atoms with van der Waals surface area (Å²) in [7, 11) is -3.85. The molecule has 0 fully saturated rings. The Kier molecular flexibility index (Phi) is 6.24. The van der Waals surface area contributed by atoms with Crippen LogP contribution in [0.1, 0.15) is 11.1 Å². The average Bonchev–Trinajstić information content (AvgIpc) is 2.55. The van der Waals surface area contributed by atoms with Crippen LogP contribution in [0.25, 0.3) is 0 Å². The smallest absolute Gasteiger partial charge is 0.239 e. The highest BCUT2D eigenvalue weighted by atomic mass is 32.2. The molecule has 0 spiro atoms. The van der Waals surface area contributed by atoms with E-state index in [9.17, 15) is 18.0 Å². The Hall–Kier alpha value is -2.74. The number of sulfone groups is 1. The van der Waals surface area contributed by atoms with Crippen LogP contribution in [0.3, 0.4) is 0 Å². The van der Waals surface area contributed by atoms with E-state index in [0.717, 1.165) is 11.1 Å². The topological polar surface area (TPSA) is 105 Å². The molecule has 0 aliphatic rings. The summed E-state index contributed by atoms with van der Waals surface area (Å²) < 4.78 is 23.9. The van der Waals surface area contributed by atoms with Crippen molar-refractivity contribution in [3.05, 3.63) is 59.9 Å². The summed E-state index contributed by atoms with van der Waals surface area (Å²) in [5.41, 5.74) is 2.29. The van der Waals surface area contributed by atoms with Crippen molar-refractivity contribution in [2.24, 2.45) is 0 Å². The first kappa shape index (κ1) is 18.6. The van der Waals surface area contributed by atoms with Gasteiger partial charge < -0.3 is 10.6 Å². The van der Waals surface area contributed by atoms with Crippen LogP contribution in [0, 0.1) is 6.92 Å². The highest BCUT2D eigenvalue weighted by molar-refractivity contribution is 7.92. The van der Waals surface area contributed by atoms with Gasteiger partial charge in [0.15, 0.2) is 9.84 Å². The molecule has 0 saturated carbocycles. The number of pyridine rings is 1. The molecule has 132 valence electrons. The molecule has 1 heterocycles. The van der Waals surface area contributed by atoms with Gasteiger partial charge in [0.1, 0.15) is 11.5 Å². The quantitative estimate of drug-likeness (QED) is 0.767. The molecule has 0 radical (unpaired) electrons. The predicted octanol–water partition coefficient (Wildman–Crippen LogP) is 1.06. The Morgan fingerprint density at radius 2 is 1.72 bits per heavy atom. The van der Waals surface area contributed by atoms with E-state index in [-0.39, 0.29) is 6.54 Å². The first-order valence-electron chi connectivity index (χ1n) is 7.56. The molecule has 0 aliphatic carbocycles. The molecule has 0 unspecified atom stereocenters. The number of carbonyl (C=O) groups is 2. The maximum absolute atomic E-state index is 12.0. The zero-order chi connectivity index (χ0) is 18.3. The normalized spacial score (nSPS) is 10.9. The maximum Gasteiger partial charge on any atom is 0.239 e. The number of anilines is 1. The number of amides is 2. The third kappa shape index (κ3) is 6.72. The highest BCUT2D eigenvalue weighted by Gasteiger charge is 2.20. The third-order valence-corrected chi connectivity index (χ3v) is 4.65. The summed E-state index contributed by atoms with van der Waals surface area (Å²) >= 11 is 0. The number of nitrogens with one attached hydrogen (secondary N) is 2. The fourth-order valence-corrected chi connectivity index (χ4v) is 3.11. The molecule has 0 aliphatic heterocycles. The lowest BCUT2D eigenvalue weighted by Gasteiger charge is -2.08. The maximum atomic E-state index is 12.0. The Bertz CT molecular complexity index is 834. The van der Waals surface area contributed by atoms with E-state index in [2.05, 4.69) is 15.6 Å². The number of nitrogens with zero attached hydrogens (tertiary/aromatic N) is 1. The van der Waals surface area contributed by atoms with Crippen molar-refractivity contribution in [3.63, 3.8) is 0 Å². The van der Waals surface area contributed by atoms with Crippen LogP contribution >= 0.6 is 0 Å². The first-order valence-corrected chi connectivity index (χ1v) is 9.39. The van der Waals surface area contributed by atoms with Crippen molar-refractivity contribution < 1.29 is 18.0 Å². The summed E-state index contributed by atoms with van der Waals surface area (Å²) in [5, 5.41) is 4.99. The monoisotopic (exact) mass is 361 g/mol. The summed E-state index contributed by atoms with van der Waals surface area (Å²) in [4.78, 5) is 27.5. The number of carbonyl (C=O) groups excluding carboxylic acids is 2. The summed E-state index contributed by atoms with van der Waals surface area (Å²) in [6.07, 6.45) is 3.17. The second kappa shape index (κ2) is 8.39. The molecule has 0 saturated heterocycles. The van der Waals surface area contributed by atoms with Gasteiger partial charge in [-0.3, -0.25) is 14.6 Å². The number of hydrogen-bond acceptors (Lipinski definition) is 5. The van der Waals surface area contributed by atoms with Crippen molar-refractivity contribution >= 4 is 27.3 Å². The zero-order valence-electron chi connectivity index (χ0n) is 13.7. The van der Waals surface area contributed by atoms with Crippen molar-refractivity contribution in [2.75, 3.05) is 16.8 Å². The van der Waals surface area contributed by atoms with E-state index in [1.54, 1.807) is 48.8 Å². The second-order valence-electron chi connectivity index (χ2n) is 5.58. The van der Waals surface area contributed by atoms with Crippen molar-refractivity contribution in [2.45, 2.75) is 13.5 Å². The molecule has 2 amide bonds. The van der Waals surface area contributed by atoms with Crippen LogP contribution in [0.2, 0.25) is 0 Å². The standard InChI is InChI=1S/C17H19N3O4S/c1-13-4-6-15(7-5-13)20-17(22)12-25(23,24)11-16(21)19-10-14-3-2-8-18-9-14/h2-9H,10-12H2,1H3,(H,19,21)(H,20,22). The molecule has 7 nitrogen and oxygen atoms in total. The number of rotatable bonds is 7. The highest BCUT2D eigenvalue weighted by Crippen LogP contribution is 2.08. The summed E-state index contributed by atoms with van der Waals surface area (Å²) in [6, 6.07) is 10.4. The lowest BCUT2D eigenvalue weighted by molar-refractivity contribution is -0.118. The molecule has 8 heteroatoms. The summed E-state index contributed by atoms with van der Waals surface area (Å²) in [5.74, 6) is -2.83. The van der Waals surface area contributed by atoms with Gasteiger partial charge >= 0.3 is 0 Å². The fraction of sp³-hybridized carbons (Fsp3) is 0.235. The number of hydrogen-bond donors (Lipinski definition) is 2. The van der Waals surface area contributed by atoms with Gasteiger partial charge in [0, 0.05) is 24.6 Å². The first-order chi connectivity index (χ1) is 11.8. The van der Waals surface area contributed by atoms with Gasteiger partial charge in [-0.25, -0.2) is 8.42 Å². The van der Waals surface area contributed by atoms with Crippen molar-refractivity contribution in [1.29, 1.82) is 0 Å². The van der Waals surface area contributed by atoms with Gasteiger partial charge in [0.05, 0.1) is 0 Å². The number of aryl methyl sites for hydroxylation is 1. The van der Waals surface area contributed by atoms with E-state index < -0.39 is 33.2 Å². The molecule has 2 rings (SSSR count). The van der Waals surface area contributed by atoms with E-state index in [4.69, 9.17) is 0 Å². The molecule has 0 bridgehead atoms. The van der Waals surface area contributed by atoms with Gasteiger partial charge in [0.25, 0.3) is 0 Å². The van der Waals surface area contributed by atoms with Crippen LogP contribution in [-0.4, -0.2) is 36.7 Å². The van der Waals surface area contributed by atoms with Crippen LogP contribution in [0.5, 0.6) is 0 Å². The third-order valence-electron chi connectivity index (χ3n) is 3.25. The van der Waals surface area contributed by atoms with E-state index in [0.29, 0.717) is 5.69 Å². The SMILES string of the molecule is Cc1ccc(NC(=O)CS(=O)(=O)CC(=O)NCc2cccnc2)cc1. The second-order valence-corrected chi connectivity index (χ2v) is 7.65. The predicted molar refractivity (Wildman–Crippen MR) is 94.5 cm³/mol. The molecular formula is C17H19N3O4S. The van der Waals surface area contributed by atoms with Gasteiger partial charge in [-0.15, -0.1) is 0 Å². The van der Waals surface area contributed by atoms with Gasteiger partial charge in [0.2, 0.25) is 11.8 Å². The lowest BCUT2D eigenvalue weighted by Crippen LogP contribution is -2.33. The molecule has 0 atom stereocenters. The van der Waals surface area contributed by atoms with Gasteiger partial charge in [-0.1, -0.05) is 23.8 Å². The Morgan fingerprint density at radius 3 is 2.36 bits per heavy atom. The largest absolute Gasteiger partial charge is 0.351 e. The molecule has 1 aromatic heterocycles. The zero-order valence-corrected chi connectivity index (χ0v) is 14.5. The van der Waals surface area contributed by atoms with Gasteiger partial charge in [-0.2, -0.15) is 0 Å². The Balaban J connectivity index is 1.82. The minimum Gasteiger partial charge on any atom is -0.351 e. The van der Waals surface area contributed by atoms with Crippen molar-refractivity contribution in [1.82, 2.24) is 10.3 Å². The van der Waals surface area contributed by atoms with E-state index in [1.807, 2.05) is 6.92 Å². The minimum atomic E-state index is -3.85. The van der Waals surface area contributed by atoms with Gasteiger partial charge in [-0.05, 0) is 30.7 Å². The van der Waals surface area contributed by atoms with Crippen LogP contribution in [0.15, 0.2) is 48.8 Å². The Labute approximate surface area is 146 Å². The molecule has 25 heavy (non-hydrogen) atoms. The molecule has 2 N–H and O–H groups in total. The summed E-state index contributed by atoms with van der Waals surface area (Å²) in [6.45, 7) is 2.08. The van der Waals surface area contributed by atoms with Crippen LogP contribution < -0.4 is 10.6 Å². The lowest BCUT2D eigenvalue weighted by atomic mass is 10.2. The fourth-order valence-electron chi connectivity index (χ4n) is 2.04. The van der Waals surface area contributed by atoms with E-state index >= 15 is 0 Å². The molecular weight excluding hydrogens is 342 g/mol. The minimum absolute atomic E-state index is 0.178. The number of aromatic nitrogens is 1.